The molecule has 0 bridgehead atoms. The molecule has 0 radical (unpaired) electrons. The van der Waals surface area contributed by atoms with E-state index in [9.17, 15) is 0 Å². The van der Waals surface area contributed by atoms with Gasteiger partial charge in [-0.1, -0.05) is 18.2 Å². The summed E-state index contributed by atoms with van der Waals surface area (Å²) in [5.74, 6) is 0. The molecule has 2 heteroatoms. The Kier molecular flexibility index (Phi) is 1.64. The average Bonchev–Trinajstić information content (AvgIpc) is 2.41. The summed E-state index contributed by atoms with van der Waals surface area (Å²) in [6.45, 7) is 4.71. The molecule has 2 heterocycles. The third-order valence-electron chi connectivity index (χ3n) is 2.92. The zero-order valence-electron chi connectivity index (χ0n) is 8.29. The fraction of sp³-hybridized carbons (Fsp3) is 0.333. The number of hydrogen-bond acceptors (Lipinski definition) is 1. The van der Waals surface area contributed by atoms with Crippen LogP contribution in [-0.2, 0) is 17.9 Å². The lowest BCUT2D eigenvalue weighted by molar-refractivity contribution is 0.120. The molecule has 72 valence electrons. The topological polar surface area (TPSA) is 14.2 Å². The predicted octanol–water partition coefficient (Wildman–Crippen LogP) is 2.48. The standard InChI is InChI=1S/C12H13NO/c1-9-7-13-5-6-14-8-10-3-2-4-11(9)12(10)13/h2-4,7H,5-6,8H2,1H3. The zero-order valence-corrected chi connectivity index (χ0v) is 8.29. The minimum Gasteiger partial charge on any atom is -0.375 e. The van der Waals surface area contributed by atoms with Crippen molar-refractivity contribution in [2.24, 2.45) is 0 Å². The molecule has 1 aromatic carbocycles. The Morgan fingerprint density at radius 1 is 1.36 bits per heavy atom. The van der Waals surface area contributed by atoms with Gasteiger partial charge in [0.05, 0.1) is 18.7 Å². The van der Waals surface area contributed by atoms with Crippen LogP contribution in [0.3, 0.4) is 0 Å². The van der Waals surface area contributed by atoms with Crippen LogP contribution in [0.2, 0.25) is 0 Å². The lowest BCUT2D eigenvalue weighted by Gasteiger charge is -2.01. The maximum Gasteiger partial charge on any atom is 0.0738 e. The number of benzene rings is 1. The zero-order chi connectivity index (χ0) is 9.54. The first-order valence-electron chi connectivity index (χ1n) is 5.01. The Morgan fingerprint density at radius 2 is 2.29 bits per heavy atom. The highest BCUT2D eigenvalue weighted by Crippen LogP contribution is 2.26. The lowest BCUT2D eigenvalue weighted by atomic mass is 10.1. The van der Waals surface area contributed by atoms with E-state index in [0.717, 1.165) is 19.8 Å². The van der Waals surface area contributed by atoms with Gasteiger partial charge in [0.25, 0.3) is 0 Å². The molecule has 1 aliphatic rings. The number of hydrogen-bond donors (Lipinski definition) is 0. The summed E-state index contributed by atoms with van der Waals surface area (Å²) in [7, 11) is 0. The van der Waals surface area contributed by atoms with E-state index in [1.54, 1.807) is 0 Å². The SMILES string of the molecule is Cc1cn2c3c(cccc13)COCC2. The molecule has 0 saturated heterocycles. The van der Waals surface area contributed by atoms with E-state index >= 15 is 0 Å². The van der Waals surface area contributed by atoms with Crippen molar-refractivity contribution in [1.29, 1.82) is 0 Å². The average molecular weight is 187 g/mol. The third kappa shape index (κ3) is 1.01. The molecule has 14 heavy (non-hydrogen) atoms. The monoisotopic (exact) mass is 187 g/mol. The van der Waals surface area contributed by atoms with Gasteiger partial charge >= 0.3 is 0 Å². The molecule has 0 unspecified atom stereocenters. The van der Waals surface area contributed by atoms with E-state index in [1.807, 2.05) is 0 Å². The smallest absolute Gasteiger partial charge is 0.0738 e. The Bertz CT molecular complexity index is 484. The Labute approximate surface area is 83.1 Å². The lowest BCUT2D eigenvalue weighted by Crippen LogP contribution is -1.99. The summed E-state index contributed by atoms with van der Waals surface area (Å²) in [6.07, 6.45) is 2.23. The molecule has 0 fully saturated rings. The van der Waals surface area contributed by atoms with Gasteiger partial charge in [0.1, 0.15) is 0 Å². The van der Waals surface area contributed by atoms with E-state index in [2.05, 4.69) is 35.9 Å². The number of aryl methyl sites for hydroxylation is 1. The van der Waals surface area contributed by atoms with Crippen LogP contribution < -0.4 is 0 Å². The van der Waals surface area contributed by atoms with Crippen LogP contribution in [0.1, 0.15) is 11.1 Å². The highest BCUT2D eigenvalue weighted by atomic mass is 16.5. The number of ether oxygens (including phenoxy) is 1. The van der Waals surface area contributed by atoms with Gasteiger partial charge in [-0.25, -0.2) is 0 Å². The van der Waals surface area contributed by atoms with E-state index < -0.39 is 0 Å². The van der Waals surface area contributed by atoms with E-state index in [4.69, 9.17) is 4.74 Å². The maximum atomic E-state index is 5.54. The fourth-order valence-corrected chi connectivity index (χ4v) is 2.25. The molecular weight excluding hydrogens is 174 g/mol. The normalized spacial score (nSPS) is 15.8. The van der Waals surface area contributed by atoms with Gasteiger partial charge in [-0.2, -0.15) is 0 Å². The number of para-hydroxylation sites is 1. The first kappa shape index (κ1) is 8.06. The number of aromatic nitrogens is 1. The third-order valence-corrected chi connectivity index (χ3v) is 2.92. The van der Waals surface area contributed by atoms with Crippen LogP contribution in [0.15, 0.2) is 24.4 Å². The Balaban J connectivity index is 2.42. The van der Waals surface area contributed by atoms with Gasteiger partial charge in [0.15, 0.2) is 0 Å². The molecule has 3 rings (SSSR count). The molecular formula is C12H13NO. The van der Waals surface area contributed by atoms with E-state index in [-0.39, 0.29) is 0 Å². The number of nitrogens with zero attached hydrogens (tertiary/aromatic N) is 1. The van der Waals surface area contributed by atoms with Gasteiger partial charge in [0, 0.05) is 23.7 Å². The summed E-state index contributed by atoms with van der Waals surface area (Å²) in [4.78, 5) is 0. The van der Waals surface area contributed by atoms with Crippen molar-refractivity contribution in [3.63, 3.8) is 0 Å². The summed E-state index contributed by atoms with van der Waals surface area (Å²) in [5, 5.41) is 1.37. The maximum absolute atomic E-state index is 5.54. The van der Waals surface area contributed by atoms with Crippen molar-refractivity contribution < 1.29 is 4.74 Å². The van der Waals surface area contributed by atoms with Gasteiger partial charge < -0.3 is 9.30 Å². The van der Waals surface area contributed by atoms with Gasteiger partial charge in [-0.05, 0) is 12.5 Å². The molecule has 0 atom stereocenters. The molecule has 1 aromatic heterocycles. The molecule has 0 aliphatic carbocycles. The summed E-state index contributed by atoms with van der Waals surface area (Å²) in [5.41, 5.74) is 4.04. The first-order chi connectivity index (χ1) is 6.86. The van der Waals surface area contributed by atoms with Crippen molar-refractivity contribution in [2.75, 3.05) is 6.61 Å². The molecule has 2 aromatic rings. The van der Waals surface area contributed by atoms with Crippen LogP contribution in [0.5, 0.6) is 0 Å². The van der Waals surface area contributed by atoms with Crippen molar-refractivity contribution in [3.05, 3.63) is 35.5 Å². The number of rotatable bonds is 0. The second-order valence-electron chi connectivity index (χ2n) is 3.87. The van der Waals surface area contributed by atoms with Gasteiger partial charge in [-0.3, -0.25) is 0 Å². The van der Waals surface area contributed by atoms with Crippen molar-refractivity contribution in [3.8, 4) is 0 Å². The molecule has 1 aliphatic heterocycles. The quantitative estimate of drug-likeness (QED) is 0.618. The minimum atomic E-state index is 0.751. The van der Waals surface area contributed by atoms with Crippen molar-refractivity contribution >= 4 is 10.9 Å². The van der Waals surface area contributed by atoms with E-state index in [0.29, 0.717) is 0 Å². The first-order valence-corrected chi connectivity index (χ1v) is 5.01. The summed E-state index contributed by atoms with van der Waals surface area (Å²) < 4.78 is 7.86. The minimum absolute atomic E-state index is 0.751. The van der Waals surface area contributed by atoms with Crippen molar-refractivity contribution in [1.82, 2.24) is 4.57 Å². The highest BCUT2D eigenvalue weighted by Gasteiger charge is 2.12. The van der Waals surface area contributed by atoms with Crippen LogP contribution in [0.25, 0.3) is 10.9 Å². The van der Waals surface area contributed by atoms with Gasteiger partial charge in [-0.15, -0.1) is 0 Å². The predicted molar refractivity (Wildman–Crippen MR) is 56.3 cm³/mol. The summed E-state index contributed by atoms with van der Waals surface area (Å²) in [6, 6.07) is 6.46. The van der Waals surface area contributed by atoms with Crippen molar-refractivity contribution in [2.45, 2.75) is 20.1 Å². The Morgan fingerprint density at radius 3 is 3.21 bits per heavy atom. The second-order valence-corrected chi connectivity index (χ2v) is 3.87. The fourth-order valence-electron chi connectivity index (χ4n) is 2.25. The summed E-state index contributed by atoms with van der Waals surface area (Å²) >= 11 is 0. The van der Waals surface area contributed by atoms with Crippen LogP contribution in [0, 0.1) is 6.92 Å². The van der Waals surface area contributed by atoms with E-state index in [1.165, 1.54) is 22.0 Å². The van der Waals surface area contributed by atoms with Gasteiger partial charge in [0.2, 0.25) is 0 Å². The molecule has 0 N–H and O–H groups in total. The molecule has 2 nitrogen and oxygen atoms in total. The van der Waals surface area contributed by atoms with Crippen LogP contribution >= 0.6 is 0 Å². The van der Waals surface area contributed by atoms with Crippen LogP contribution in [0.4, 0.5) is 0 Å². The largest absolute Gasteiger partial charge is 0.375 e. The highest BCUT2D eigenvalue weighted by molar-refractivity contribution is 5.86. The Hall–Kier alpha value is -1.28. The molecule has 0 saturated carbocycles. The second kappa shape index (κ2) is 2.85. The van der Waals surface area contributed by atoms with Crippen LogP contribution in [-0.4, -0.2) is 11.2 Å². The molecule has 0 spiro atoms. The molecule has 0 amide bonds.